The Morgan fingerprint density at radius 1 is 0.919 bits per heavy atom. The van der Waals surface area contributed by atoms with Gasteiger partial charge in [-0.1, -0.05) is 60.7 Å². The van der Waals surface area contributed by atoms with E-state index in [0.717, 1.165) is 32.0 Å². The van der Waals surface area contributed by atoms with Crippen LogP contribution < -0.4 is 0 Å². The Morgan fingerprint density at radius 2 is 1.51 bits per heavy atom. The molecule has 0 aliphatic carbocycles. The summed E-state index contributed by atoms with van der Waals surface area (Å²) in [5.74, 6) is 1.08. The van der Waals surface area contributed by atoms with Gasteiger partial charge in [0.2, 0.25) is 0 Å². The molecule has 0 bridgehead atoms. The molecule has 3 aliphatic heterocycles. The van der Waals surface area contributed by atoms with Crippen LogP contribution in [0.1, 0.15) is 17.2 Å². The number of benzene rings is 2. The zero-order chi connectivity index (χ0) is 25.9. The van der Waals surface area contributed by atoms with Crippen molar-refractivity contribution in [2.45, 2.75) is 12.1 Å². The van der Waals surface area contributed by atoms with Crippen LogP contribution in [0, 0.1) is 0 Å². The highest BCUT2D eigenvalue weighted by atomic mass is 16.5. The Bertz CT molecular complexity index is 1150. The highest BCUT2D eigenvalue weighted by Crippen LogP contribution is 2.29. The number of nitrogens with zero attached hydrogens (tertiary/aromatic N) is 6. The monoisotopic (exact) mass is 503 g/mol. The lowest BCUT2D eigenvalue weighted by Crippen LogP contribution is -2.61. The summed E-state index contributed by atoms with van der Waals surface area (Å²) in [6.45, 7) is 5.24. The summed E-state index contributed by atoms with van der Waals surface area (Å²) in [7, 11) is 4.86. The van der Waals surface area contributed by atoms with Gasteiger partial charge in [0.15, 0.2) is 0 Å². The molecule has 9 heteroatoms. The molecule has 1 atom stereocenters. The van der Waals surface area contributed by atoms with E-state index in [4.69, 9.17) is 9.73 Å². The average Bonchev–Trinajstić information content (AvgIpc) is 3.29. The maximum atomic E-state index is 13.0. The van der Waals surface area contributed by atoms with Gasteiger partial charge in [0.1, 0.15) is 13.1 Å². The van der Waals surface area contributed by atoms with Gasteiger partial charge in [-0.05, 0) is 16.1 Å². The molecule has 0 aromatic heterocycles. The normalized spacial score (nSPS) is 21.2. The molecule has 0 N–H and O–H groups in total. The number of amides is 3. The topological polar surface area (TPSA) is 71.7 Å². The van der Waals surface area contributed by atoms with Gasteiger partial charge in [0, 0.05) is 47.4 Å². The van der Waals surface area contributed by atoms with Crippen LogP contribution in [0.15, 0.2) is 65.7 Å². The van der Waals surface area contributed by atoms with Crippen LogP contribution >= 0.6 is 0 Å². The van der Waals surface area contributed by atoms with Gasteiger partial charge in [-0.15, -0.1) is 0 Å². The summed E-state index contributed by atoms with van der Waals surface area (Å²) in [5.41, 5.74) is 2.59. The van der Waals surface area contributed by atoms with Crippen LogP contribution in [0.4, 0.5) is 4.79 Å². The van der Waals surface area contributed by atoms with E-state index in [2.05, 4.69) is 70.5 Å². The van der Waals surface area contributed by atoms with Crippen LogP contribution in [0.3, 0.4) is 0 Å². The Kier molecular flexibility index (Phi) is 7.45. The van der Waals surface area contributed by atoms with E-state index in [9.17, 15) is 9.59 Å². The van der Waals surface area contributed by atoms with Crippen LogP contribution in [0.5, 0.6) is 0 Å². The standard InChI is InChI=1S/C28H35N6O3/c1-30-26-25(27(35)31(2)28(30)36)34(18-19-37-3)23(29-26)20-32-14-16-33(17-15-32)24(21-10-6-4-7-11-21)22-12-8-5-9-13-22/h4-13,24-25H,14-20H2,1-3H3/q+1. The van der Waals surface area contributed by atoms with E-state index < -0.39 is 6.04 Å². The van der Waals surface area contributed by atoms with Crippen molar-refractivity contribution in [1.82, 2.24) is 19.6 Å². The smallest absolute Gasteiger partial charge is 0.333 e. The van der Waals surface area contributed by atoms with Crippen LogP contribution in [0.2, 0.25) is 0 Å². The van der Waals surface area contributed by atoms with E-state index in [1.54, 1.807) is 14.2 Å². The second kappa shape index (κ2) is 10.9. The lowest BCUT2D eigenvalue weighted by atomic mass is 9.96. The van der Waals surface area contributed by atoms with Crippen molar-refractivity contribution in [3.63, 3.8) is 0 Å². The highest BCUT2D eigenvalue weighted by molar-refractivity contribution is 6.23. The Morgan fingerprint density at radius 3 is 2.08 bits per heavy atom. The number of hydrogen-bond donors (Lipinski definition) is 0. The third-order valence-corrected chi connectivity index (χ3v) is 7.52. The van der Waals surface area contributed by atoms with Crippen molar-refractivity contribution in [3.8, 4) is 0 Å². The number of imide groups is 1. The largest absolute Gasteiger partial charge is 0.381 e. The first-order valence-electron chi connectivity index (χ1n) is 12.8. The molecule has 2 aromatic carbocycles. The Balaban J connectivity index is 1.33. The Labute approximate surface area is 218 Å². The predicted octanol–water partition coefficient (Wildman–Crippen LogP) is 1.76. The summed E-state index contributed by atoms with van der Waals surface area (Å²) < 4.78 is 7.33. The first-order chi connectivity index (χ1) is 18.0. The molecule has 3 amide bonds. The molecule has 9 nitrogen and oxygen atoms in total. The van der Waals surface area contributed by atoms with E-state index in [1.807, 2.05) is 4.58 Å². The number of likely N-dealkylation sites (N-methyl/N-ethyl adjacent to an activating group) is 2. The minimum atomic E-state index is -0.584. The first-order valence-corrected chi connectivity index (χ1v) is 12.8. The van der Waals surface area contributed by atoms with Gasteiger partial charge >= 0.3 is 11.9 Å². The fourth-order valence-corrected chi connectivity index (χ4v) is 5.49. The second-order valence-electron chi connectivity index (χ2n) is 9.75. The molecule has 3 aliphatic rings. The van der Waals surface area contributed by atoms with Crippen molar-refractivity contribution in [2.75, 3.05) is 67.1 Å². The minimum Gasteiger partial charge on any atom is -0.381 e. The van der Waals surface area contributed by atoms with Gasteiger partial charge < -0.3 is 4.74 Å². The second-order valence-corrected chi connectivity index (χ2v) is 9.75. The SMILES string of the molecule is COCC[N+]1=C(CN2CCN(C(c3ccccc3)c3ccccc3)CC2)N=C2C1C(=O)N(C)C(=O)N2C. The number of aliphatic imine (C=N–C) groups is 1. The number of rotatable bonds is 8. The molecular formula is C28H35N6O3+. The molecule has 37 heavy (non-hydrogen) atoms. The molecule has 2 fully saturated rings. The lowest BCUT2D eigenvalue weighted by Gasteiger charge is -2.39. The third-order valence-electron chi connectivity index (χ3n) is 7.52. The summed E-state index contributed by atoms with van der Waals surface area (Å²) >= 11 is 0. The van der Waals surface area contributed by atoms with Crippen LogP contribution in [-0.4, -0.2) is 121 Å². The quantitative estimate of drug-likeness (QED) is 0.514. The van der Waals surface area contributed by atoms with Crippen molar-refractivity contribution >= 4 is 23.6 Å². The molecule has 194 valence electrons. The van der Waals surface area contributed by atoms with Gasteiger partial charge in [-0.2, -0.15) is 0 Å². The molecule has 0 spiro atoms. The molecule has 3 heterocycles. The molecule has 0 saturated carbocycles. The zero-order valence-electron chi connectivity index (χ0n) is 21.8. The third kappa shape index (κ3) is 4.94. The van der Waals surface area contributed by atoms with Gasteiger partial charge in [0.25, 0.3) is 17.8 Å². The van der Waals surface area contributed by atoms with Crippen LogP contribution in [-0.2, 0) is 9.53 Å². The van der Waals surface area contributed by atoms with Crippen molar-refractivity contribution in [1.29, 1.82) is 0 Å². The molecule has 0 radical (unpaired) electrons. The minimum absolute atomic E-state index is 0.206. The fraction of sp³-hybridized carbons (Fsp3) is 0.429. The van der Waals surface area contributed by atoms with Crippen LogP contribution in [0.25, 0.3) is 0 Å². The fourth-order valence-electron chi connectivity index (χ4n) is 5.49. The zero-order valence-corrected chi connectivity index (χ0v) is 21.8. The molecule has 2 saturated heterocycles. The molecule has 1 unspecified atom stereocenters. The Hall–Kier alpha value is -3.40. The maximum absolute atomic E-state index is 13.0. The summed E-state index contributed by atoms with van der Waals surface area (Å²) in [6, 6.07) is 20.6. The number of urea groups is 1. The van der Waals surface area contributed by atoms with E-state index in [-0.39, 0.29) is 18.0 Å². The maximum Gasteiger partial charge on any atom is 0.333 e. The highest BCUT2D eigenvalue weighted by Gasteiger charge is 2.53. The number of fused-ring (bicyclic) bond motifs is 1. The predicted molar refractivity (Wildman–Crippen MR) is 142 cm³/mol. The van der Waals surface area contributed by atoms with Crippen molar-refractivity contribution < 1.29 is 18.9 Å². The number of amidine groups is 2. The summed E-state index contributed by atoms with van der Waals surface area (Å²) in [4.78, 5) is 38.0. The van der Waals surface area contributed by atoms with E-state index in [1.165, 1.54) is 28.0 Å². The average molecular weight is 504 g/mol. The van der Waals surface area contributed by atoms with Gasteiger partial charge in [-0.25, -0.2) is 9.37 Å². The summed E-state index contributed by atoms with van der Waals surface area (Å²) in [5, 5.41) is 0. The molecule has 2 aromatic rings. The van der Waals surface area contributed by atoms with Gasteiger partial charge in [-0.3, -0.25) is 24.4 Å². The molecule has 5 rings (SSSR count). The number of carbonyl (C=O) groups is 2. The number of hydrogen-bond acceptors (Lipinski definition) is 6. The number of carbonyl (C=O) groups excluding carboxylic acids is 2. The van der Waals surface area contributed by atoms with E-state index >= 15 is 0 Å². The first kappa shape index (κ1) is 25.3. The lowest BCUT2D eigenvalue weighted by molar-refractivity contribution is -0.538. The van der Waals surface area contributed by atoms with Crippen molar-refractivity contribution in [2.24, 2.45) is 4.99 Å². The summed E-state index contributed by atoms with van der Waals surface area (Å²) in [6.07, 6.45) is 0. The van der Waals surface area contributed by atoms with Gasteiger partial charge in [0.05, 0.1) is 12.6 Å². The van der Waals surface area contributed by atoms with E-state index in [0.29, 0.717) is 25.5 Å². The van der Waals surface area contributed by atoms with Crippen molar-refractivity contribution in [3.05, 3.63) is 71.8 Å². The molecular weight excluding hydrogens is 468 g/mol. The number of piperazine rings is 1. The number of methoxy groups -OCH3 is 1. The number of ether oxygens (including phenoxy) is 1.